The first kappa shape index (κ1) is 14.2. The fourth-order valence-corrected chi connectivity index (χ4v) is 2.92. The van der Waals surface area contributed by atoms with Gasteiger partial charge in [-0.25, -0.2) is 0 Å². The van der Waals surface area contributed by atoms with Gasteiger partial charge in [0.1, 0.15) is 11.5 Å². The van der Waals surface area contributed by atoms with Crippen molar-refractivity contribution in [3.05, 3.63) is 52.4 Å². The van der Waals surface area contributed by atoms with Crippen molar-refractivity contribution in [2.24, 2.45) is 0 Å². The molecule has 2 aromatic rings. The van der Waals surface area contributed by atoms with E-state index in [0.717, 1.165) is 16.0 Å². The molecule has 0 spiro atoms. The first-order valence-corrected chi connectivity index (χ1v) is 7.62. The van der Waals surface area contributed by atoms with Gasteiger partial charge in [-0.1, -0.05) is 0 Å². The molecule has 5 heteroatoms. The normalized spacial score (nSPS) is 10.4. The minimum absolute atomic E-state index is 0.0971. The van der Waals surface area contributed by atoms with Crippen LogP contribution in [0.15, 0.2) is 45.5 Å². The molecular formula is C14H13BrO3S. The standard InChI is InChI=1S/C14H13BrO3S/c1-17-14-5-4-10(7-12(14)15)13(16)9-19-8-11-3-2-6-18-11/h2-7H,8-9H2,1H3. The molecule has 0 saturated heterocycles. The number of ether oxygens (including phenoxy) is 1. The third-order valence-corrected chi connectivity index (χ3v) is 4.11. The highest BCUT2D eigenvalue weighted by Crippen LogP contribution is 2.26. The van der Waals surface area contributed by atoms with Crippen molar-refractivity contribution >= 4 is 33.5 Å². The van der Waals surface area contributed by atoms with Gasteiger partial charge in [0, 0.05) is 5.56 Å². The quantitative estimate of drug-likeness (QED) is 0.740. The van der Waals surface area contributed by atoms with Crippen molar-refractivity contribution in [1.82, 2.24) is 0 Å². The number of thioether (sulfide) groups is 1. The summed E-state index contributed by atoms with van der Waals surface area (Å²) in [6, 6.07) is 9.10. The zero-order chi connectivity index (χ0) is 13.7. The number of halogens is 1. The van der Waals surface area contributed by atoms with E-state index in [1.807, 2.05) is 12.1 Å². The molecule has 0 bridgehead atoms. The second-order valence-electron chi connectivity index (χ2n) is 3.84. The van der Waals surface area contributed by atoms with Gasteiger partial charge in [-0.15, -0.1) is 11.8 Å². The number of rotatable bonds is 6. The molecule has 0 saturated carbocycles. The van der Waals surface area contributed by atoms with Crippen molar-refractivity contribution in [3.63, 3.8) is 0 Å². The molecule has 1 aromatic heterocycles. The molecule has 0 N–H and O–H groups in total. The van der Waals surface area contributed by atoms with Crippen LogP contribution in [-0.2, 0) is 5.75 Å². The summed E-state index contributed by atoms with van der Waals surface area (Å²) in [6.45, 7) is 0. The van der Waals surface area contributed by atoms with Crippen LogP contribution >= 0.6 is 27.7 Å². The summed E-state index contributed by atoms with van der Waals surface area (Å²) >= 11 is 4.92. The zero-order valence-electron chi connectivity index (χ0n) is 10.4. The van der Waals surface area contributed by atoms with Crippen molar-refractivity contribution in [2.45, 2.75) is 5.75 Å². The summed E-state index contributed by atoms with van der Waals surface area (Å²) in [5.41, 5.74) is 0.680. The van der Waals surface area contributed by atoms with E-state index in [1.165, 1.54) is 11.8 Å². The van der Waals surface area contributed by atoms with E-state index < -0.39 is 0 Å². The van der Waals surface area contributed by atoms with E-state index in [-0.39, 0.29) is 5.78 Å². The minimum atomic E-state index is 0.0971. The van der Waals surface area contributed by atoms with Crippen LogP contribution < -0.4 is 4.74 Å². The lowest BCUT2D eigenvalue weighted by atomic mass is 10.1. The number of Topliss-reactive ketones (excluding diaryl/α,β-unsaturated/α-hetero) is 1. The van der Waals surface area contributed by atoms with Crippen LogP contribution in [-0.4, -0.2) is 18.6 Å². The summed E-state index contributed by atoms with van der Waals surface area (Å²) < 4.78 is 11.1. The number of carbonyl (C=O) groups is 1. The Labute approximate surface area is 124 Å². The predicted octanol–water partition coefficient (Wildman–Crippen LogP) is 4.17. The third kappa shape index (κ3) is 3.88. The number of ketones is 1. The largest absolute Gasteiger partial charge is 0.496 e. The molecule has 1 heterocycles. The van der Waals surface area contributed by atoms with Crippen LogP contribution in [0.5, 0.6) is 5.75 Å². The Morgan fingerprint density at radius 3 is 2.89 bits per heavy atom. The lowest BCUT2D eigenvalue weighted by Gasteiger charge is -2.05. The molecule has 0 atom stereocenters. The van der Waals surface area contributed by atoms with Crippen LogP contribution in [0.25, 0.3) is 0 Å². The number of benzene rings is 1. The maximum absolute atomic E-state index is 12.0. The van der Waals surface area contributed by atoms with E-state index in [4.69, 9.17) is 9.15 Å². The molecular weight excluding hydrogens is 328 g/mol. The number of furan rings is 1. The topological polar surface area (TPSA) is 39.4 Å². The average Bonchev–Trinajstić information content (AvgIpc) is 2.91. The number of hydrogen-bond acceptors (Lipinski definition) is 4. The van der Waals surface area contributed by atoms with Gasteiger partial charge in [-0.05, 0) is 46.3 Å². The van der Waals surface area contributed by atoms with E-state index >= 15 is 0 Å². The monoisotopic (exact) mass is 340 g/mol. The van der Waals surface area contributed by atoms with Gasteiger partial charge in [0.25, 0.3) is 0 Å². The Bertz CT molecular complexity index is 552. The second-order valence-corrected chi connectivity index (χ2v) is 5.68. The molecule has 2 rings (SSSR count). The Kier molecular flexibility index (Phi) is 5.10. The van der Waals surface area contributed by atoms with Gasteiger partial charge in [0.2, 0.25) is 0 Å². The van der Waals surface area contributed by atoms with E-state index in [9.17, 15) is 4.79 Å². The summed E-state index contributed by atoms with van der Waals surface area (Å²) in [4.78, 5) is 12.0. The summed E-state index contributed by atoms with van der Waals surface area (Å²) in [6.07, 6.45) is 1.64. The maximum atomic E-state index is 12.0. The molecule has 0 aliphatic rings. The summed E-state index contributed by atoms with van der Waals surface area (Å²) in [5.74, 6) is 2.84. The average molecular weight is 341 g/mol. The molecule has 0 aliphatic heterocycles. The molecule has 3 nitrogen and oxygen atoms in total. The SMILES string of the molecule is COc1ccc(C(=O)CSCc2ccco2)cc1Br. The fourth-order valence-electron chi connectivity index (χ4n) is 1.56. The van der Waals surface area contributed by atoms with Gasteiger partial charge in [0.15, 0.2) is 5.78 Å². The van der Waals surface area contributed by atoms with Crippen LogP contribution in [0.4, 0.5) is 0 Å². The first-order valence-electron chi connectivity index (χ1n) is 5.67. The molecule has 0 unspecified atom stereocenters. The van der Waals surface area contributed by atoms with E-state index in [0.29, 0.717) is 17.1 Å². The van der Waals surface area contributed by atoms with Crippen molar-refractivity contribution in [2.75, 3.05) is 12.9 Å². The minimum Gasteiger partial charge on any atom is -0.496 e. The molecule has 0 amide bonds. The van der Waals surface area contributed by atoms with Gasteiger partial charge in [-0.2, -0.15) is 0 Å². The van der Waals surface area contributed by atoms with Gasteiger partial charge < -0.3 is 9.15 Å². The van der Waals surface area contributed by atoms with E-state index in [1.54, 1.807) is 31.6 Å². The van der Waals surface area contributed by atoms with Crippen molar-refractivity contribution < 1.29 is 13.9 Å². The smallest absolute Gasteiger partial charge is 0.172 e. The number of carbonyl (C=O) groups excluding carboxylic acids is 1. The summed E-state index contributed by atoms with van der Waals surface area (Å²) in [7, 11) is 1.60. The molecule has 1 aromatic carbocycles. The predicted molar refractivity (Wildman–Crippen MR) is 79.9 cm³/mol. The number of hydrogen-bond donors (Lipinski definition) is 0. The van der Waals surface area contributed by atoms with Crippen molar-refractivity contribution in [1.29, 1.82) is 0 Å². The molecule has 0 fully saturated rings. The molecule has 19 heavy (non-hydrogen) atoms. The van der Waals surface area contributed by atoms with Crippen LogP contribution in [0, 0.1) is 0 Å². The summed E-state index contributed by atoms with van der Waals surface area (Å²) in [5, 5.41) is 0. The lowest BCUT2D eigenvalue weighted by molar-refractivity contribution is 0.102. The highest BCUT2D eigenvalue weighted by Gasteiger charge is 2.09. The van der Waals surface area contributed by atoms with E-state index in [2.05, 4.69) is 15.9 Å². The Hall–Kier alpha value is -1.20. The highest BCUT2D eigenvalue weighted by molar-refractivity contribution is 9.10. The van der Waals surface area contributed by atoms with Crippen molar-refractivity contribution in [3.8, 4) is 5.75 Å². The maximum Gasteiger partial charge on any atom is 0.172 e. The Balaban J connectivity index is 1.91. The van der Waals surface area contributed by atoms with Gasteiger partial charge in [-0.3, -0.25) is 4.79 Å². The first-order chi connectivity index (χ1) is 9.20. The zero-order valence-corrected chi connectivity index (χ0v) is 12.8. The third-order valence-electron chi connectivity index (χ3n) is 2.53. The number of methoxy groups -OCH3 is 1. The molecule has 0 radical (unpaired) electrons. The Morgan fingerprint density at radius 2 is 2.26 bits per heavy atom. The highest BCUT2D eigenvalue weighted by atomic mass is 79.9. The lowest BCUT2D eigenvalue weighted by Crippen LogP contribution is -2.03. The molecule has 100 valence electrons. The second kappa shape index (κ2) is 6.82. The van der Waals surface area contributed by atoms with Gasteiger partial charge >= 0.3 is 0 Å². The van der Waals surface area contributed by atoms with Crippen LogP contribution in [0.2, 0.25) is 0 Å². The molecule has 0 aliphatic carbocycles. The Morgan fingerprint density at radius 1 is 1.42 bits per heavy atom. The van der Waals surface area contributed by atoms with Gasteiger partial charge in [0.05, 0.1) is 29.4 Å². The van der Waals surface area contributed by atoms with Crippen LogP contribution in [0.3, 0.4) is 0 Å². The van der Waals surface area contributed by atoms with Crippen LogP contribution in [0.1, 0.15) is 16.1 Å². The fraction of sp³-hybridized carbons (Fsp3) is 0.214.